The van der Waals surface area contributed by atoms with Gasteiger partial charge in [-0.1, -0.05) is 141 Å². The number of carbonyl (C=O) groups excluding carboxylic acids is 2. The van der Waals surface area contributed by atoms with Crippen LogP contribution in [0.4, 0.5) is 0 Å². The van der Waals surface area contributed by atoms with E-state index in [1.807, 2.05) is 0 Å². The van der Waals surface area contributed by atoms with Crippen LogP contribution in [-0.4, -0.2) is 49.6 Å². The highest BCUT2D eigenvalue weighted by molar-refractivity contribution is 5.70. The van der Waals surface area contributed by atoms with Crippen LogP contribution < -0.4 is 0 Å². The number of ether oxygens (including phenoxy) is 4. The van der Waals surface area contributed by atoms with Gasteiger partial charge in [0.25, 0.3) is 0 Å². The van der Waals surface area contributed by atoms with E-state index in [1.54, 1.807) is 0 Å². The first-order chi connectivity index (χ1) is 23.7. The summed E-state index contributed by atoms with van der Waals surface area (Å²) >= 11 is 0. The maximum Gasteiger partial charge on any atom is 0.306 e. The van der Waals surface area contributed by atoms with Crippen molar-refractivity contribution in [2.45, 2.75) is 218 Å². The molecule has 2 aliphatic rings. The Bertz CT molecular complexity index is 770. The van der Waals surface area contributed by atoms with Gasteiger partial charge in [0.15, 0.2) is 12.2 Å². The van der Waals surface area contributed by atoms with Gasteiger partial charge in [-0.05, 0) is 64.2 Å². The average Bonchev–Trinajstić information content (AvgIpc) is 3.67. The predicted octanol–water partition coefficient (Wildman–Crippen LogP) is 11.7. The van der Waals surface area contributed by atoms with Crippen LogP contribution in [0.15, 0.2) is 24.3 Å². The molecule has 0 radical (unpaired) electrons. The molecule has 0 aromatic heterocycles. The monoisotopic (exact) mass is 675 g/mol. The Hall–Kier alpha value is -1.66. The number of esters is 2. The Morgan fingerprint density at radius 2 is 0.750 bits per heavy atom. The van der Waals surface area contributed by atoms with Crippen LogP contribution in [0, 0.1) is 0 Å². The molecule has 0 aromatic carbocycles. The molecule has 6 nitrogen and oxygen atoms in total. The van der Waals surface area contributed by atoms with E-state index in [0.29, 0.717) is 26.1 Å². The van der Waals surface area contributed by atoms with E-state index in [2.05, 4.69) is 38.2 Å². The standard InChI is InChI=1S/C42H74O6/c1-3-5-7-9-11-13-15-17-19-21-23-25-27-29-31-33-39(43)47-37-35-45-42-38(36-46-41(37)42)48-40(44)34-32-30-28-26-24-22-20-18-16-14-12-10-8-6-4-2/h17-20,37-38,41-42H,3-16,21-36H2,1-2H3/b19-17-,20-18-/t37-,38+,41-,42-/m1/s1. The Kier molecular flexibility index (Phi) is 26.7. The second kappa shape index (κ2) is 30.2. The van der Waals surface area contributed by atoms with Crippen molar-refractivity contribution in [1.29, 1.82) is 0 Å². The van der Waals surface area contributed by atoms with Gasteiger partial charge in [-0.15, -0.1) is 0 Å². The average molecular weight is 675 g/mol. The smallest absolute Gasteiger partial charge is 0.306 e. The van der Waals surface area contributed by atoms with E-state index >= 15 is 0 Å². The molecule has 2 aliphatic heterocycles. The summed E-state index contributed by atoms with van der Waals surface area (Å²) in [6.07, 6.45) is 40.8. The largest absolute Gasteiger partial charge is 0.457 e. The minimum Gasteiger partial charge on any atom is -0.457 e. The molecular weight excluding hydrogens is 600 g/mol. The number of hydrogen-bond donors (Lipinski definition) is 0. The van der Waals surface area contributed by atoms with Crippen molar-refractivity contribution in [1.82, 2.24) is 0 Å². The van der Waals surface area contributed by atoms with Gasteiger partial charge in [0.1, 0.15) is 12.2 Å². The lowest BCUT2D eigenvalue weighted by molar-refractivity contribution is -0.155. The molecule has 0 saturated carbocycles. The summed E-state index contributed by atoms with van der Waals surface area (Å²) in [6.45, 7) is 5.13. The SMILES string of the molecule is CCCCCCCC/C=C\CCCCCCCC(=O)O[C@H]1CO[C@H]2[C@@H]1OC[C@H]2OC(=O)CCCCCCC/C=C\CCCCCCCC. The summed E-state index contributed by atoms with van der Waals surface area (Å²) in [5.41, 5.74) is 0. The van der Waals surface area contributed by atoms with Crippen molar-refractivity contribution in [3.8, 4) is 0 Å². The molecule has 48 heavy (non-hydrogen) atoms. The van der Waals surface area contributed by atoms with Crippen molar-refractivity contribution in [2.75, 3.05) is 13.2 Å². The molecule has 0 aromatic rings. The maximum absolute atomic E-state index is 12.5. The van der Waals surface area contributed by atoms with Crippen LogP contribution in [0.1, 0.15) is 194 Å². The van der Waals surface area contributed by atoms with Gasteiger partial charge in [0.2, 0.25) is 0 Å². The summed E-state index contributed by atoms with van der Waals surface area (Å²) in [5.74, 6) is -0.370. The van der Waals surface area contributed by atoms with Crippen molar-refractivity contribution in [3.05, 3.63) is 24.3 Å². The van der Waals surface area contributed by atoms with Gasteiger partial charge in [-0.2, -0.15) is 0 Å². The van der Waals surface area contributed by atoms with Crippen molar-refractivity contribution >= 4 is 11.9 Å². The first kappa shape index (κ1) is 42.5. The lowest BCUT2D eigenvalue weighted by Gasteiger charge is -2.17. The Morgan fingerprint density at radius 1 is 0.458 bits per heavy atom. The molecule has 2 fully saturated rings. The van der Waals surface area contributed by atoms with Crippen LogP contribution in [0.5, 0.6) is 0 Å². The van der Waals surface area contributed by atoms with Gasteiger partial charge in [0.05, 0.1) is 13.2 Å². The number of fused-ring (bicyclic) bond motifs is 1. The maximum atomic E-state index is 12.5. The van der Waals surface area contributed by atoms with Crippen LogP contribution >= 0.6 is 0 Å². The predicted molar refractivity (Wildman–Crippen MR) is 198 cm³/mol. The minimum atomic E-state index is -0.417. The van der Waals surface area contributed by atoms with E-state index in [-0.39, 0.29) is 24.1 Å². The lowest BCUT2D eigenvalue weighted by atomic mass is 10.1. The number of hydrogen-bond acceptors (Lipinski definition) is 6. The van der Waals surface area contributed by atoms with E-state index in [9.17, 15) is 9.59 Å². The normalized spacial score (nSPS) is 20.6. The number of allylic oxidation sites excluding steroid dienone is 4. The van der Waals surface area contributed by atoms with Crippen molar-refractivity contribution in [2.24, 2.45) is 0 Å². The third-order valence-corrected chi connectivity index (χ3v) is 9.81. The third kappa shape index (κ3) is 21.4. The Labute approximate surface area is 295 Å². The summed E-state index contributed by atoms with van der Waals surface area (Å²) < 4.78 is 23.2. The lowest BCUT2D eigenvalue weighted by Crippen LogP contribution is -2.35. The van der Waals surface area contributed by atoms with Crippen molar-refractivity contribution < 1.29 is 28.5 Å². The summed E-state index contributed by atoms with van der Waals surface area (Å²) in [5, 5.41) is 0. The molecular formula is C42H74O6. The number of rotatable bonds is 32. The topological polar surface area (TPSA) is 71.1 Å². The zero-order valence-electron chi connectivity index (χ0n) is 31.3. The zero-order chi connectivity index (χ0) is 34.3. The second-order valence-corrected chi connectivity index (χ2v) is 14.3. The third-order valence-electron chi connectivity index (χ3n) is 9.81. The van der Waals surface area contributed by atoms with E-state index < -0.39 is 12.2 Å². The van der Waals surface area contributed by atoms with E-state index in [4.69, 9.17) is 18.9 Å². The van der Waals surface area contributed by atoms with E-state index in [1.165, 1.54) is 116 Å². The fourth-order valence-corrected chi connectivity index (χ4v) is 6.77. The molecule has 2 saturated heterocycles. The number of unbranched alkanes of at least 4 members (excludes halogenated alkanes) is 22. The first-order valence-corrected chi connectivity index (χ1v) is 20.6. The van der Waals surface area contributed by atoms with Crippen LogP contribution in [0.25, 0.3) is 0 Å². The molecule has 0 bridgehead atoms. The second-order valence-electron chi connectivity index (χ2n) is 14.3. The molecule has 4 atom stereocenters. The number of carbonyl (C=O) groups is 2. The van der Waals surface area contributed by atoms with Gasteiger partial charge >= 0.3 is 11.9 Å². The summed E-state index contributed by atoms with van der Waals surface area (Å²) in [7, 11) is 0. The molecule has 2 rings (SSSR count). The molecule has 0 aliphatic carbocycles. The molecule has 2 heterocycles. The van der Waals surface area contributed by atoms with Gasteiger partial charge in [-0.3, -0.25) is 9.59 Å². The fourth-order valence-electron chi connectivity index (χ4n) is 6.77. The van der Waals surface area contributed by atoms with Gasteiger partial charge in [0, 0.05) is 12.8 Å². The molecule has 0 unspecified atom stereocenters. The molecule has 278 valence electrons. The van der Waals surface area contributed by atoms with Crippen LogP contribution in [0.2, 0.25) is 0 Å². The Balaban J connectivity index is 1.40. The van der Waals surface area contributed by atoms with Gasteiger partial charge < -0.3 is 18.9 Å². The van der Waals surface area contributed by atoms with Gasteiger partial charge in [-0.25, -0.2) is 0 Å². The van der Waals surface area contributed by atoms with Crippen LogP contribution in [-0.2, 0) is 28.5 Å². The highest BCUT2D eigenvalue weighted by atomic mass is 16.7. The molecule has 6 heteroatoms. The molecule has 0 N–H and O–H groups in total. The van der Waals surface area contributed by atoms with E-state index in [0.717, 1.165) is 51.4 Å². The van der Waals surface area contributed by atoms with Crippen LogP contribution in [0.3, 0.4) is 0 Å². The van der Waals surface area contributed by atoms with Crippen molar-refractivity contribution in [3.63, 3.8) is 0 Å². The zero-order valence-corrected chi connectivity index (χ0v) is 31.3. The Morgan fingerprint density at radius 3 is 1.08 bits per heavy atom. The highest BCUT2D eigenvalue weighted by Crippen LogP contribution is 2.31. The first-order valence-electron chi connectivity index (χ1n) is 20.6. The summed E-state index contributed by atoms with van der Waals surface area (Å²) in [4.78, 5) is 24.9. The summed E-state index contributed by atoms with van der Waals surface area (Å²) in [6, 6.07) is 0. The quantitative estimate of drug-likeness (QED) is 0.0402. The highest BCUT2D eigenvalue weighted by Gasteiger charge is 2.51. The minimum absolute atomic E-state index is 0.185. The fraction of sp³-hybridized carbons (Fsp3) is 0.857. The molecule has 0 amide bonds. The molecule has 0 spiro atoms.